The summed E-state index contributed by atoms with van der Waals surface area (Å²) in [5.74, 6) is -2.84. The van der Waals surface area contributed by atoms with Crippen LogP contribution in [-0.4, -0.2) is 28.6 Å². The Morgan fingerprint density at radius 3 is 2.39 bits per heavy atom. The van der Waals surface area contributed by atoms with Gasteiger partial charge in [0.05, 0.1) is 5.71 Å². The summed E-state index contributed by atoms with van der Waals surface area (Å²) in [5.41, 5.74) is 11.6. The molecule has 7 nitrogen and oxygen atoms in total. The molecule has 172 valence electrons. The van der Waals surface area contributed by atoms with Gasteiger partial charge >= 0.3 is 0 Å². The zero-order valence-corrected chi connectivity index (χ0v) is 18.2. The summed E-state index contributed by atoms with van der Waals surface area (Å²) in [6.07, 6.45) is 3.86. The van der Waals surface area contributed by atoms with Crippen molar-refractivity contribution in [2.45, 2.75) is 26.3 Å². The molecule has 33 heavy (non-hydrogen) atoms. The normalized spacial score (nSPS) is 13.7. The topological polar surface area (TPSA) is 135 Å². The van der Waals surface area contributed by atoms with Crippen LogP contribution in [0, 0.1) is 11.2 Å². The van der Waals surface area contributed by atoms with E-state index in [-0.39, 0.29) is 29.0 Å². The monoisotopic (exact) mass is 453 g/mol. The van der Waals surface area contributed by atoms with E-state index < -0.39 is 29.5 Å². The lowest BCUT2D eigenvalue weighted by molar-refractivity contribution is -0.125. The molecule has 1 heterocycles. The number of hydrogen-bond acceptors (Lipinski definition) is 5. The fourth-order valence-electron chi connectivity index (χ4n) is 2.94. The van der Waals surface area contributed by atoms with E-state index in [9.17, 15) is 18.4 Å². The van der Waals surface area contributed by atoms with Crippen molar-refractivity contribution >= 4 is 23.2 Å². The molecule has 2 rings (SSSR count). The molecule has 0 bridgehead atoms. The number of allylic oxidation sites excluding steroid dienone is 4. The molecule has 9 heteroatoms. The van der Waals surface area contributed by atoms with Crippen LogP contribution < -0.4 is 16.8 Å². The van der Waals surface area contributed by atoms with Crippen LogP contribution in [0.15, 0.2) is 77.8 Å². The van der Waals surface area contributed by atoms with E-state index in [1.807, 2.05) is 0 Å². The standard InChI is InChI=1S/C24H25F2N5O2/c1-3-18(26)22(20(28)13-19(27)15-7-9-16(25)10-8-15)14(2)24(33)31-21(23(29)32)12-17-6-4-5-11-30-17/h3-11,13,21,28H,12,27H2,1-2H3,(H2,29,32)(H,31,33)/b18-3+,19-13-,22-14-,28-20?/t21-/m0/s1. The van der Waals surface area contributed by atoms with Crippen LogP contribution in [-0.2, 0) is 16.0 Å². The van der Waals surface area contributed by atoms with Crippen molar-refractivity contribution in [1.82, 2.24) is 10.3 Å². The van der Waals surface area contributed by atoms with Gasteiger partial charge in [-0.05, 0) is 49.8 Å². The first-order valence-electron chi connectivity index (χ1n) is 9.99. The second-order valence-electron chi connectivity index (χ2n) is 7.11. The molecule has 0 unspecified atom stereocenters. The Bertz CT molecular complexity index is 1120. The van der Waals surface area contributed by atoms with Crippen molar-refractivity contribution in [1.29, 1.82) is 5.41 Å². The van der Waals surface area contributed by atoms with Crippen molar-refractivity contribution < 1.29 is 18.4 Å². The summed E-state index contributed by atoms with van der Waals surface area (Å²) < 4.78 is 27.8. The van der Waals surface area contributed by atoms with E-state index >= 15 is 0 Å². The van der Waals surface area contributed by atoms with Crippen LogP contribution in [0.2, 0.25) is 0 Å². The zero-order chi connectivity index (χ0) is 24.5. The summed E-state index contributed by atoms with van der Waals surface area (Å²) in [6, 6.07) is 9.25. The second kappa shape index (κ2) is 11.5. The van der Waals surface area contributed by atoms with Gasteiger partial charge in [-0.15, -0.1) is 0 Å². The Balaban J connectivity index is 2.34. The molecule has 0 fully saturated rings. The average molecular weight is 453 g/mol. The number of amides is 2. The van der Waals surface area contributed by atoms with Crippen LogP contribution in [0.5, 0.6) is 0 Å². The van der Waals surface area contributed by atoms with Crippen molar-refractivity contribution in [3.05, 3.63) is 94.9 Å². The lowest BCUT2D eigenvalue weighted by atomic mass is 9.99. The van der Waals surface area contributed by atoms with E-state index in [0.29, 0.717) is 11.3 Å². The number of primary amides is 1. The predicted octanol–water partition coefficient (Wildman–Crippen LogP) is 2.94. The van der Waals surface area contributed by atoms with Crippen LogP contribution in [0.1, 0.15) is 25.1 Å². The van der Waals surface area contributed by atoms with Crippen LogP contribution in [0.25, 0.3) is 5.70 Å². The molecule has 1 aromatic heterocycles. The highest BCUT2D eigenvalue weighted by molar-refractivity contribution is 6.16. The summed E-state index contributed by atoms with van der Waals surface area (Å²) in [4.78, 5) is 28.8. The lowest BCUT2D eigenvalue weighted by Crippen LogP contribution is -2.46. The molecular weight excluding hydrogens is 428 g/mol. The van der Waals surface area contributed by atoms with E-state index in [0.717, 1.165) is 6.08 Å². The van der Waals surface area contributed by atoms with E-state index in [4.69, 9.17) is 16.9 Å². The smallest absolute Gasteiger partial charge is 0.248 e. The minimum absolute atomic E-state index is 0.0471. The molecule has 6 N–H and O–H groups in total. The van der Waals surface area contributed by atoms with Gasteiger partial charge in [-0.3, -0.25) is 14.6 Å². The Morgan fingerprint density at radius 1 is 1.18 bits per heavy atom. The SMILES string of the molecule is C/C=C(F)\C(C(=N)/C=C(\N)c1ccc(F)cc1)=C(/C)C(=O)N[C@@H](Cc1ccccn1)C(N)=O. The van der Waals surface area contributed by atoms with E-state index in [1.165, 1.54) is 44.2 Å². The Labute approximate surface area is 190 Å². The number of carbonyl (C=O) groups is 2. The van der Waals surface area contributed by atoms with E-state index in [2.05, 4.69) is 10.3 Å². The molecule has 0 radical (unpaired) electrons. The molecular formula is C24H25F2N5O2. The third-order valence-corrected chi connectivity index (χ3v) is 4.74. The number of halogens is 2. The fourth-order valence-corrected chi connectivity index (χ4v) is 2.94. The average Bonchev–Trinajstić information content (AvgIpc) is 2.79. The van der Waals surface area contributed by atoms with Gasteiger partial charge in [-0.1, -0.05) is 24.3 Å². The zero-order valence-electron chi connectivity index (χ0n) is 18.2. The van der Waals surface area contributed by atoms with Gasteiger partial charge in [0.2, 0.25) is 11.8 Å². The lowest BCUT2D eigenvalue weighted by Gasteiger charge is -2.17. The van der Waals surface area contributed by atoms with Crippen LogP contribution in [0.4, 0.5) is 8.78 Å². The van der Waals surface area contributed by atoms with Crippen LogP contribution in [0.3, 0.4) is 0 Å². The van der Waals surface area contributed by atoms with Gasteiger partial charge in [0.15, 0.2) is 0 Å². The maximum absolute atomic E-state index is 14.7. The molecule has 1 atom stereocenters. The first-order valence-corrected chi connectivity index (χ1v) is 9.99. The fraction of sp³-hybridized carbons (Fsp3) is 0.167. The van der Waals surface area contributed by atoms with Gasteiger partial charge in [0, 0.05) is 35.2 Å². The first-order chi connectivity index (χ1) is 15.6. The van der Waals surface area contributed by atoms with Crippen molar-refractivity contribution in [3.63, 3.8) is 0 Å². The Hall–Kier alpha value is -4.14. The molecule has 2 aromatic rings. The highest BCUT2D eigenvalue weighted by atomic mass is 19.1. The summed E-state index contributed by atoms with van der Waals surface area (Å²) >= 11 is 0. The number of aromatic nitrogens is 1. The van der Waals surface area contributed by atoms with Crippen molar-refractivity contribution in [2.75, 3.05) is 0 Å². The molecule has 0 aliphatic heterocycles. The Morgan fingerprint density at radius 2 is 1.85 bits per heavy atom. The van der Waals surface area contributed by atoms with Gasteiger partial charge in [-0.2, -0.15) is 0 Å². The molecule has 0 aliphatic carbocycles. The first kappa shape index (κ1) is 25.1. The minimum Gasteiger partial charge on any atom is -0.398 e. The number of hydrogen-bond donors (Lipinski definition) is 4. The summed E-state index contributed by atoms with van der Waals surface area (Å²) in [5, 5.41) is 10.8. The third kappa shape index (κ3) is 6.93. The van der Waals surface area contributed by atoms with Crippen molar-refractivity contribution in [2.24, 2.45) is 11.5 Å². The van der Waals surface area contributed by atoms with E-state index in [1.54, 1.807) is 24.4 Å². The third-order valence-electron chi connectivity index (χ3n) is 4.74. The number of rotatable bonds is 9. The highest BCUT2D eigenvalue weighted by Gasteiger charge is 2.23. The number of carbonyl (C=O) groups excluding carboxylic acids is 2. The van der Waals surface area contributed by atoms with Crippen molar-refractivity contribution in [3.8, 4) is 0 Å². The molecule has 0 saturated carbocycles. The Kier molecular flexibility index (Phi) is 8.73. The highest BCUT2D eigenvalue weighted by Crippen LogP contribution is 2.21. The number of pyridine rings is 1. The van der Waals surface area contributed by atoms with Gasteiger partial charge in [-0.25, -0.2) is 8.78 Å². The maximum Gasteiger partial charge on any atom is 0.248 e. The van der Waals surface area contributed by atoms with Gasteiger partial charge < -0.3 is 22.2 Å². The predicted molar refractivity (Wildman–Crippen MR) is 123 cm³/mol. The molecule has 2 amide bonds. The second-order valence-corrected chi connectivity index (χ2v) is 7.11. The minimum atomic E-state index is -1.09. The molecule has 1 aromatic carbocycles. The molecule has 0 aliphatic rings. The summed E-state index contributed by atoms with van der Waals surface area (Å²) in [7, 11) is 0. The number of nitrogens with zero attached hydrogens (tertiary/aromatic N) is 1. The largest absolute Gasteiger partial charge is 0.398 e. The van der Waals surface area contributed by atoms with Gasteiger partial charge in [0.1, 0.15) is 17.7 Å². The molecule has 0 saturated heterocycles. The number of nitrogens with two attached hydrogens (primary N) is 2. The van der Waals surface area contributed by atoms with Crippen LogP contribution >= 0.6 is 0 Å². The van der Waals surface area contributed by atoms with Gasteiger partial charge in [0.25, 0.3) is 0 Å². The quantitative estimate of drug-likeness (QED) is 0.264. The number of nitrogens with one attached hydrogen (secondary N) is 2. The molecule has 0 spiro atoms. The number of benzene rings is 1. The maximum atomic E-state index is 14.7. The summed E-state index contributed by atoms with van der Waals surface area (Å²) in [6.45, 7) is 2.73.